The second kappa shape index (κ2) is 7.06. The van der Waals surface area contributed by atoms with Gasteiger partial charge in [-0.2, -0.15) is 0 Å². The van der Waals surface area contributed by atoms with Gasteiger partial charge in [0.25, 0.3) is 0 Å². The summed E-state index contributed by atoms with van der Waals surface area (Å²) in [7, 11) is 0. The van der Waals surface area contributed by atoms with Crippen LogP contribution >= 0.6 is 0 Å². The standard InChI is InChI=1S/C17H21NO2/c1-13-5-7-14(8-6-13)3-2-4-17(20)18-16-10-9-15(11-16)12-19/h2-3,5-10,15-16,19H,4,11-12H2,1H3,(H,18,20)/b3-2+/t15-,16+/m0/s1. The highest BCUT2D eigenvalue weighted by Gasteiger charge is 2.18. The first-order valence-corrected chi connectivity index (χ1v) is 6.99. The largest absolute Gasteiger partial charge is 0.396 e. The smallest absolute Gasteiger partial charge is 0.224 e. The van der Waals surface area contributed by atoms with Crippen molar-refractivity contribution in [3.8, 4) is 0 Å². The molecule has 0 spiro atoms. The average molecular weight is 271 g/mol. The Hall–Kier alpha value is -1.87. The van der Waals surface area contributed by atoms with Crippen LogP contribution in [0, 0.1) is 12.8 Å². The Bertz CT molecular complexity index is 502. The van der Waals surface area contributed by atoms with Crippen molar-refractivity contribution in [1.29, 1.82) is 0 Å². The van der Waals surface area contributed by atoms with Gasteiger partial charge >= 0.3 is 0 Å². The van der Waals surface area contributed by atoms with Crippen molar-refractivity contribution in [2.75, 3.05) is 6.61 Å². The Kier molecular flexibility index (Phi) is 5.13. The number of nitrogens with one attached hydrogen (secondary N) is 1. The summed E-state index contributed by atoms with van der Waals surface area (Å²) in [6, 6.07) is 8.24. The van der Waals surface area contributed by atoms with Gasteiger partial charge in [-0.15, -0.1) is 0 Å². The Morgan fingerprint density at radius 3 is 2.75 bits per heavy atom. The Balaban J connectivity index is 1.75. The number of benzene rings is 1. The zero-order valence-corrected chi connectivity index (χ0v) is 11.8. The molecule has 0 heterocycles. The minimum absolute atomic E-state index is 0.0154. The first-order chi connectivity index (χ1) is 9.67. The van der Waals surface area contributed by atoms with Gasteiger partial charge in [-0.05, 0) is 18.9 Å². The minimum Gasteiger partial charge on any atom is -0.396 e. The zero-order valence-electron chi connectivity index (χ0n) is 11.8. The average Bonchev–Trinajstić information content (AvgIpc) is 2.88. The summed E-state index contributed by atoms with van der Waals surface area (Å²) in [4.78, 5) is 11.8. The molecule has 0 aliphatic heterocycles. The molecule has 0 unspecified atom stereocenters. The fourth-order valence-corrected chi connectivity index (χ4v) is 2.26. The lowest BCUT2D eigenvalue weighted by molar-refractivity contribution is -0.120. The third-order valence-corrected chi connectivity index (χ3v) is 3.44. The Morgan fingerprint density at radius 1 is 1.35 bits per heavy atom. The van der Waals surface area contributed by atoms with E-state index in [9.17, 15) is 4.79 Å². The van der Waals surface area contributed by atoms with Gasteiger partial charge < -0.3 is 10.4 Å². The predicted octanol–water partition coefficient (Wildman–Crippen LogP) is 2.45. The molecule has 1 aromatic carbocycles. The minimum atomic E-state index is 0.0154. The molecule has 0 aromatic heterocycles. The third kappa shape index (κ3) is 4.35. The van der Waals surface area contributed by atoms with Crippen molar-refractivity contribution in [3.05, 3.63) is 53.6 Å². The van der Waals surface area contributed by atoms with Crippen molar-refractivity contribution in [3.63, 3.8) is 0 Å². The quantitative estimate of drug-likeness (QED) is 0.808. The fraction of sp³-hybridized carbons (Fsp3) is 0.353. The molecule has 3 nitrogen and oxygen atoms in total. The van der Waals surface area contributed by atoms with E-state index in [0.717, 1.165) is 12.0 Å². The van der Waals surface area contributed by atoms with Gasteiger partial charge in [0, 0.05) is 25.0 Å². The van der Waals surface area contributed by atoms with E-state index in [4.69, 9.17) is 5.11 Å². The summed E-state index contributed by atoms with van der Waals surface area (Å²) >= 11 is 0. The second-order valence-electron chi connectivity index (χ2n) is 5.25. The van der Waals surface area contributed by atoms with Crippen LogP contribution in [-0.4, -0.2) is 23.7 Å². The van der Waals surface area contributed by atoms with Crippen molar-refractivity contribution < 1.29 is 9.90 Å². The van der Waals surface area contributed by atoms with Gasteiger partial charge in [0.15, 0.2) is 0 Å². The summed E-state index contributed by atoms with van der Waals surface area (Å²) < 4.78 is 0. The normalized spacial score (nSPS) is 21.5. The van der Waals surface area contributed by atoms with Crippen molar-refractivity contribution >= 4 is 12.0 Å². The summed E-state index contributed by atoms with van der Waals surface area (Å²) in [5.74, 6) is 0.199. The maximum absolute atomic E-state index is 11.8. The van der Waals surface area contributed by atoms with Crippen LogP contribution in [0.1, 0.15) is 24.0 Å². The van der Waals surface area contributed by atoms with Crippen LogP contribution in [-0.2, 0) is 4.79 Å². The molecule has 20 heavy (non-hydrogen) atoms. The van der Waals surface area contributed by atoms with E-state index in [-0.39, 0.29) is 24.5 Å². The Morgan fingerprint density at radius 2 is 2.10 bits per heavy atom. The zero-order chi connectivity index (χ0) is 14.4. The van der Waals surface area contributed by atoms with E-state index in [1.165, 1.54) is 5.56 Å². The molecule has 1 aliphatic rings. The maximum Gasteiger partial charge on any atom is 0.224 e. The van der Waals surface area contributed by atoms with Gasteiger partial charge in [0.1, 0.15) is 0 Å². The summed E-state index contributed by atoms with van der Waals surface area (Å²) in [5, 5.41) is 12.0. The predicted molar refractivity (Wildman–Crippen MR) is 81.1 cm³/mol. The topological polar surface area (TPSA) is 49.3 Å². The van der Waals surface area contributed by atoms with E-state index in [1.807, 2.05) is 36.4 Å². The van der Waals surface area contributed by atoms with E-state index >= 15 is 0 Å². The molecule has 2 atom stereocenters. The van der Waals surface area contributed by atoms with Crippen molar-refractivity contribution in [2.24, 2.45) is 5.92 Å². The number of carbonyl (C=O) groups is 1. The lowest BCUT2D eigenvalue weighted by Crippen LogP contribution is -2.32. The van der Waals surface area contributed by atoms with Crippen LogP contribution in [0.5, 0.6) is 0 Å². The third-order valence-electron chi connectivity index (χ3n) is 3.44. The van der Waals surface area contributed by atoms with Crippen LogP contribution in [0.4, 0.5) is 0 Å². The number of hydrogen-bond donors (Lipinski definition) is 2. The number of aliphatic hydroxyl groups excluding tert-OH is 1. The SMILES string of the molecule is Cc1ccc(/C=C/CC(=O)N[C@@H]2C=C[C@H](CO)C2)cc1. The molecule has 1 aromatic rings. The van der Waals surface area contributed by atoms with Crippen LogP contribution in [0.15, 0.2) is 42.5 Å². The van der Waals surface area contributed by atoms with E-state index < -0.39 is 0 Å². The number of hydrogen-bond acceptors (Lipinski definition) is 2. The van der Waals surface area contributed by atoms with E-state index in [0.29, 0.717) is 6.42 Å². The molecule has 0 radical (unpaired) electrons. The number of aliphatic hydroxyl groups is 1. The highest BCUT2D eigenvalue weighted by Crippen LogP contribution is 2.17. The fourth-order valence-electron chi connectivity index (χ4n) is 2.26. The van der Waals surface area contributed by atoms with Crippen LogP contribution in [0.3, 0.4) is 0 Å². The molecule has 1 amide bonds. The summed E-state index contributed by atoms with van der Waals surface area (Å²) in [6.45, 7) is 2.20. The molecule has 0 saturated carbocycles. The van der Waals surface area contributed by atoms with Gasteiger partial charge in [0.05, 0.1) is 0 Å². The number of amides is 1. The highest BCUT2D eigenvalue weighted by atomic mass is 16.3. The molecular weight excluding hydrogens is 250 g/mol. The number of carbonyl (C=O) groups excluding carboxylic acids is 1. The molecule has 106 valence electrons. The molecule has 2 N–H and O–H groups in total. The van der Waals surface area contributed by atoms with Crippen molar-refractivity contribution in [1.82, 2.24) is 5.32 Å². The molecule has 0 bridgehead atoms. The first-order valence-electron chi connectivity index (χ1n) is 6.99. The maximum atomic E-state index is 11.8. The molecule has 2 rings (SSSR count). The van der Waals surface area contributed by atoms with Gasteiger partial charge in [0.2, 0.25) is 5.91 Å². The van der Waals surface area contributed by atoms with E-state index in [2.05, 4.69) is 24.4 Å². The summed E-state index contributed by atoms with van der Waals surface area (Å²) in [5.41, 5.74) is 2.33. The van der Waals surface area contributed by atoms with Crippen LogP contribution < -0.4 is 5.32 Å². The van der Waals surface area contributed by atoms with Gasteiger partial charge in [-0.3, -0.25) is 4.79 Å². The van der Waals surface area contributed by atoms with Crippen LogP contribution in [0.2, 0.25) is 0 Å². The molecule has 0 fully saturated rings. The van der Waals surface area contributed by atoms with Gasteiger partial charge in [-0.25, -0.2) is 0 Å². The van der Waals surface area contributed by atoms with Crippen LogP contribution in [0.25, 0.3) is 6.08 Å². The molecule has 0 saturated heterocycles. The first kappa shape index (κ1) is 14.5. The highest BCUT2D eigenvalue weighted by molar-refractivity contribution is 5.79. The monoisotopic (exact) mass is 271 g/mol. The van der Waals surface area contributed by atoms with Crippen molar-refractivity contribution in [2.45, 2.75) is 25.8 Å². The Labute approximate surface area is 120 Å². The lowest BCUT2D eigenvalue weighted by Gasteiger charge is -2.11. The van der Waals surface area contributed by atoms with Gasteiger partial charge in [-0.1, -0.05) is 54.1 Å². The summed E-state index contributed by atoms with van der Waals surface area (Å²) in [6.07, 6.45) is 8.93. The number of rotatable bonds is 5. The molecule has 3 heteroatoms. The number of aryl methyl sites for hydroxylation is 1. The lowest BCUT2D eigenvalue weighted by atomic mass is 10.1. The van der Waals surface area contributed by atoms with E-state index in [1.54, 1.807) is 0 Å². The molecule has 1 aliphatic carbocycles. The molecular formula is C17H21NO2. The second-order valence-corrected chi connectivity index (χ2v) is 5.25.